The molecule has 0 aliphatic rings. The van der Waals surface area contributed by atoms with E-state index in [0.29, 0.717) is 10.6 Å². The molecule has 3 aromatic carbocycles. The predicted octanol–water partition coefficient (Wildman–Crippen LogP) is 6.74. The van der Waals surface area contributed by atoms with Crippen LogP contribution in [0, 0.1) is 10.1 Å². The van der Waals surface area contributed by atoms with Gasteiger partial charge in [0.05, 0.1) is 4.92 Å². The van der Waals surface area contributed by atoms with Gasteiger partial charge in [0.15, 0.2) is 5.76 Å². The van der Waals surface area contributed by atoms with Gasteiger partial charge in [-0.05, 0) is 23.8 Å². The van der Waals surface area contributed by atoms with Crippen LogP contribution in [0.2, 0.25) is 0 Å². The highest BCUT2D eigenvalue weighted by Crippen LogP contribution is 2.30. The summed E-state index contributed by atoms with van der Waals surface area (Å²) in [6.07, 6.45) is 1.84. The number of aromatic nitrogens is 1. The molecule has 0 saturated heterocycles. The number of nitro benzene ring substituents is 1. The van der Waals surface area contributed by atoms with Gasteiger partial charge in [0, 0.05) is 29.0 Å². The van der Waals surface area contributed by atoms with E-state index in [-0.39, 0.29) is 17.3 Å². The smallest absolute Gasteiger partial charge is 0.294 e. The number of rotatable bonds is 6. The summed E-state index contributed by atoms with van der Waals surface area (Å²) in [4.78, 5) is 16.2. The molecule has 5 aromatic rings. The van der Waals surface area contributed by atoms with Crippen molar-refractivity contribution < 1.29 is 9.34 Å². The van der Waals surface area contributed by atoms with Gasteiger partial charge in [-0.2, -0.15) is 5.10 Å². The third kappa shape index (κ3) is 4.31. The first-order valence-electron chi connectivity index (χ1n) is 10.7. The molecule has 0 saturated carbocycles. The van der Waals surface area contributed by atoms with E-state index in [0.717, 1.165) is 22.2 Å². The Kier molecular flexibility index (Phi) is 5.88. The highest BCUT2D eigenvalue weighted by Gasteiger charge is 2.16. The summed E-state index contributed by atoms with van der Waals surface area (Å²) in [7, 11) is 0. The molecular formula is C26H20N4O3S. The van der Waals surface area contributed by atoms with Gasteiger partial charge < -0.3 is 4.42 Å². The maximum absolute atomic E-state index is 11.5. The average Bonchev–Trinajstić information content (AvgIpc) is 3.47. The molecule has 168 valence electrons. The molecule has 0 N–H and O–H groups in total. The number of benzene rings is 3. The maximum Gasteiger partial charge on any atom is 0.294 e. The molecule has 1 unspecified atom stereocenters. The number of hydrogen-bond acceptors (Lipinski definition) is 6. The highest BCUT2D eigenvalue weighted by atomic mass is 32.1. The van der Waals surface area contributed by atoms with Crippen LogP contribution in [0.1, 0.15) is 18.4 Å². The van der Waals surface area contributed by atoms with Crippen LogP contribution in [0.5, 0.6) is 0 Å². The fourth-order valence-corrected chi connectivity index (χ4v) is 4.42. The average molecular weight is 469 g/mol. The number of thiazole rings is 1. The van der Waals surface area contributed by atoms with E-state index >= 15 is 0 Å². The molecule has 5 rings (SSSR count). The molecule has 0 aliphatic carbocycles. The molecule has 7 nitrogen and oxygen atoms in total. The summed E-state index contributed by atoms with van der Waals surface area (Å²) >= 11 is 1.34. The Bertz CT molecular complexity index is 1530. The molecule has 8 heteroatoms. The van der Waals surface area contributed by atoms with E-state index in [1.54, 1.807) is 22.9 Å². The second kappa shape index (κ2) is 9.29. The van der Waals surface area contributed by atoms with Crippen LogP contribution in [-0.2, 0) is 0 Å². The Labute approximate surface area is 199 Å². The summed E-state index contributed by atoms with van der Waals surface area (Å²) in [5.74, 6) is 0.696. The zero-order valence-electron chi connectivity index (χ0n) is 18.2. The predicted molar refractivity (Wildman–Crippen MR) is 135 cm³/mol. The van der Waals surface area contributed by atoms with Crippen LogP contribution in [0.25, 0.3) is 22.4 Å². The Balaban J connectivity index is 1.65. The Hall–Kier alpha value is -4.30. The quantitative estimate of drug-likeness (QED) is 0.157. The Morgan fingerprint density at radius 3 is 2.56 bits per heavy atom. The molecule has 0 aliphatic heterocycles. The number of nitrogens with zero attached hydrogens (tertiary/aromatic N) is 4. The second-order valence-corrected chi connectivity index (χ2v) is 8.52. The summed E-state index contributed by atoms with van der Waals surface area (Å²) in [6.45, 7) is 2.06. The molecule has 0 spiro atoms. The van der Waals surface area contributed by atoms with Gasteiger partial charge >= 0.3 is 0 Å². The van der Waals surface area contributed by atoms with E-state index in [4.69, 9.17) is 9.52 Å². The van der Waals surface area contributed by atoms with Gasteiger partial charge in [0.1, 0.15) is 17.0 Å². The minimum Gasteiger partial charge on any atom is -0.454 e. The lowest BCUT2D eigenvalue weighted by Crippen LogP contribution is -2.12. The zero-order chi connectivity index (χ0) is 23.5. The molecule has 0 bridgehead atoms. The molecule has 2 aromatic heterocycles. The SMILES string of the molecule is CC(C=Nn1c(-c2cc3ccccc3o2)csc1=Nc1ccccc1[N+](=O)[O-])c1ccccc1. The van der Waals surface area contributed by atoms with Crippen molar-refractivity contribution >= 4 is 39.9 Å². The summed E-state index contributed by atoms with van der Waals surface area (Å²) in [5.41, 5.74) is 2.83. The summed E-state index contributed by atoms with van der Waals surface area (Å²) < 4.78 is 7.75. The largest absolute Gasteiger partial charge is 0.454 e. The van der Waals surface area contributed by atoms with Gasteiger partial charge in [-0.3, -0.25) is 10.1 Å². The van der Waals surface area contributed by atoms with Gasteiger partial charge in [0.2, 0.25) is 4.80 Å². The Morgan fingerprint density at radius 2 is 1.76 bits per heavy atom. The monoisotopic (exact) mass is 468 g/mol. The van der Waals surface area contributed by atoms with E-state index in [1.807, 2.05) is 72.3 Å². The number of furan rings is 1. The fourth-order valence-electron chi connectivity index (χ4n) is 3.59. The van der Waals surface area contributed by atoms with Crippen molar-refractivity contribution in [1.82, 2.24) is 4.68 Å². The zero-order valence-corrected chi connectivity index (χ0v) is 19.1. The van der Waals surface area contributed by atoms with E-state index in [2.05, 4.69) is 11.9 Å². The maximum atomic E-state index is 11.5. The number of fused-ring (bicyclic) bond motifs is 1. The van der Waals surface area contributed by atoms with Gasteiger partial charge in [-0.1, -0.05) is 67.6 Å². The highest BCUT2D eigenvalue weighted by molar-refractivity contribution is 7.07. The van der Waals surface area contributed by atoms with Crippen LogP contribution < -0.4 is 4.80 Å². The number of hydrogen-bond donors (Lipinski definition) is 0. The lowest BCUT2D eigenvalue weighted by atomic mass is 10.0. The van der Waals surface area contributed by atoms with Crippen LogP contribution in [-0.4, -0.2) is 15.8 Å². The standard InChI is InChI=1S/C26H20N4O3S/c1-18(19-9-3-2-4-10-19)16-27-29-23(25-15-20-11-5-8-14-24(20)33-25)17-34-26(29)28-21-12-6-7-13-22(21)30(31)32/h2-18H,1H3. The van der Waals surface area contributed by atoms with Crippen molar-refractivity contribution in [2.24, 2.45) is 10.1 Å². The van der Waals surface area contributed by atoms with Crippen molar-refractivity contribution in [2.45, 2.75) is 12.8 Å². The first-order valence-corrected chi connectivity index (χ1v) is 11.5. The molecule has 34 heavy (non-hydrogen) atoms. The van der Waals surface area contributed by atoms with Crippen LogP contribution >= 0.6 is 11.3 Å². The van der Waals surface area contributed by atoms with Crippen molar-refractivity contribution in [3.05, 3.63) is 111 Å². The van der Waals surface area contributed by atoms with Crippen LogP contribution in [0.3, 0.4) is 0 Å². The third-order valence-corrected chi connectivity index (χ3v) is 6.21. The lowest BCUT2D eigenvalue weighted by Gasteiger charge is -2.06. The van der Waals surface area contributed by atoms with Crippen molar-refractivity contribution in [3.63, 3.8) is 0 Å². The Morgan fingerprint density at radius 1 is 1.03 bits per heavy atom. The van der Waals surface area contributed by atoms with Gasteiger partial charge in [-0.25, -0.2) is 9.67 Å². The normalized spacial score (nSPS) is 13.0. The molecule has 0 radical (unpaired) electrons. The molecule has 0 amide bonds. The number of para-hydroxylation sites is 3. The molecular weight excluding hydrogens is 448 g/mol. The minimum atomic E-state index is -0.433. The van der Waals surface area contributed by atoms with E-state index in [9.17, 15) is 10.1 Å². The van der Waals surface area contributed by atoms with Crippen LogP contribution in [0.15, 0.2) is 105 Å². The second-order valence-electron chi connectivity index (χ2n) is 7.69. The fraction of sp³-hybridized carbons (Fsp3) is 0.0769. The van der Waals surface area contributed by atoms with E-state index < -0.39 is 4.92 Å². The first kappa shape index (κ1) is 21.5. The van der Waals surface area contributed by atoms with Gasteiger partial charge in [-0.15, -0.1) is 11.3 Å². The summed E-state index contributed by atoms with van der Waals surface area (Å²) in [6, 6.07) is 26.2. The molecule has 0 fully saturated rings. The minimum absolute atomic E-state index is 0.0519. The van der Waals surface area contributed by atoms with Crippen LogP contribution in [0.4, 0.5) is 11.4 Å². The van der Waals surface area contributed by atoms with Crippen molar-refractivity contribution in [3.8, 4) is 11.5 Å². The topological polar surface area (TPSA) is 85.9 Å². The molecule has 1 atom stereocenters. The number of nitro groups is 1. The van der Waals surface area contributed by atoms with Gasteiger partial charge in [0.25, 0.3) is 5.69 Å². The molecule has 2 heterocycles. The van der Waals surface area contributed by atoms with Crippen molar-refractivity contribution in [1.29, 1.82) is 0 Å². The van der Waals surface area contributed by atoms with E-state index in [1.165, 1.54) is 17.4 Å². The first-order chi connectivity index (χ1) is 16.6. The summed E-state index contributed by atoms with van der Waals surface area (Å²) in [5, 5.41) is 19.1. The lowest BCUT2D eigenvalue weighted by molar-refractivity contribution is -0.384. The third-order valence-electron chi connectivity index (χ3n) is 5.39. The van der Waals surface area contributed by atoms with Crippen molar-refractivity contribution in [2.75, 3.05) is 0 Å².